The van der Waals surface area contributed by atoms with Crippen LogP contribution in [0.4, 0.5) is 0 Å². The van der Waals surface area contributed by atoms with Gasteiger partial charge in [-0.25, -0.2) is 0 Å². The number of rotatable bonds is 4. The normalized spacial score (nSPS) is 30.2. The molecule has 0 aliphatic carbocycles. The van der Waals surface area contributed by atoms with Gasteiger partial charge in [0.15, 0.2) is 6.29 Å². The van der Waals surface area contributed by atoms with Crippen molar-refractivity contribution >= 4 is 0 Å². The summed E-state index contributed by atoms with van der Waals surface area (Å²) >= 11 is 0. The van der Waals surface area contributed by atoms with E-state index in [0.717, 1.165) is 32.7 Å². The van der Waals surface area contributed by atoms with Crippen molar-refractivity contribution in [3.63, 3.8) is 0 Å². The lowest BCUT2D eigenvalue weighted by atomic mass is 10.1. The van der Waals surface area contributed by atoms with Gasteiger partial charge in [-0.1, -0.05) is 0 Å². The molecule has 4 nitrogen and oxygen atoms in total. The Kier molecular flexibility index (Phi) is 3.75. The minimum atomic E-state index is 0.0324. The number of hydrogen-bond donors (Lipinski definition) is 1. The first-order valence-electron chi connectivity index (χ1n) is 5.49. The number of likely N-dealkylation sites (tertiary alicyclic amines) is 1. The van der Waals surface area contributed by atoms with Crippen molar-refractivity contribution in [1.29, 1.82) is 0 Å². The maximum Gasteiger partial charge on any atom is 0.158 e. The van der Waals surface area contributed by atoms with Crippen molar-refractivity contribution in [2.24, 2.45) is 0 Å². The fourth-order valence-corrected chi connectivity index (χ4v) is 1.97. The third kappa shape index (κ3) is 2.67. The first-order valence-corrected chi connectivity index (χ1v) is 5.49. The van der Waals surface area contributed by atoms with E-state index >= 15 is 0 Å². The predicted molar refractivity (Wildman–Crippen MR) is 52.0 cm³/mol. The molecule has 2 rings (SSSR count). The largest absolute Gasteiger partial charge is 0.395 e. The summed E-state index contributed by atoms with van der Waals surface area (Å²) in [6.45, 7) is 3.75. The molecule has 0 amide bonds. The molecule has 2 heterocycles. The van der Waals surface area contributed by atoms with Gasteiger partial charge in [-0.2, -0.15) is 0 Å². The molecule has 0 aromatic rings. The minimum absolute atomic E-state index is 0.0324. The molecule has 4 heteroatoms. The molecule has 1 unspecified atom stereocenters. The zero-order chi connectivity index (χ0) is 9.80. The second kappa shape index (κ2) is 5.07. The second-order valence-corrected chi connectivity index (χ2v) is 4.04. The van der Waals surface area contributed by atoms with Crippen LogP contribution in [0.5, 0.6) is 0 Å². The van der Waals surface area contributed by atoms with Gasteiger partial charge < -0.3 is 14.6 Å². The number of β-amino-alcohol motifs (C(OH)–C–C–N with tert-alkyl or cyclic N) is 1. The van der Waals surface area contributed by atoms with Gasteiger partial charge in [0.1, 0.15) is 0 Å². The van der Waals surface area contributed by atoms with E-state index in [1.807, 2.05) is 0 Å². The van der Waals surface area contributed by atoms with Gasteiger partial charge in [-0.3, -0.25) is 4.90 Å². The van der Waals surface area contributed by atoms with Crippen LogP contribution in [0.2, 0.25) is 0 Å². The Bertz CT molecular complexity index is 165. The van der Waals surface area contributed by atoms with E-state index in [9.17, 15) is 0 Å². The molecule has 1 atom stereocenters. The monoisotopic (exact) mass is 201 g/mol. The summed E-state index contributed by atoms with van der Waals surface area (Å²) in [6.07, 6.45) is 3.78. The van der Waals surface area contributed by atoms with Crippen LogP contribution < -0.4 is 0 Å². The first kappa shape index (κ1) is 10.4. The number of ether oxygens (including phenoxy) is 2. The van der Waals surface area contributed by atoms with E-state index in [2.05, 4.69) is 4.90 Å². The van der Waals surface area contributed by atoms with Gasteiger partial charge in [0.05, 0.1) is 12.7 Å². The molecule has 1 N–H and O–H groups in total. The Hall–Kier alpha value is -0.160. The van der Waals surface area contributed by atoms with Crippen molar-refractivity contribution in [2.75, 3.05) is 32.8 Å². The highest BCUT2D eigenvalue weighted by molar-refractivity contribution is 4.80. The smallest absolute Gasteiger partial charge is 0.158 e. The molecule has 14 heavy (non-hydrogen) atoms. The van der Waals surface area contributed by atoms with Crippen LogP contribution in [0.3, 0.4) is 0 Å². The highest BCUT2D eigenvalue weighted by Crippen LogP contribution is 2.19. The lowest BCUT2D eigenvalue weighted by Crippen LogP contribution is -2.54. The quantitative estimate of drug-likeness (QED) is 0.706. The van der Waals surface area contributed by atoms with Crippen LogP contribution in [-0.2, 0) is 9.47 Å². The topological polar surface area (TPSA) is 41.9 Å². The molecule has 82 valence electrons. The zero-order valence-corrected chi connectivity index (χ0v) is 8.52. The summed E-state index contributed by atoms with van der Waals surface area (Å²) < 4.78 is 11.2. The third-order valence-corrected chi connectivity index (χ3v) is 2.82. The molecule has 2 saturated heterocycles. The SMILES string of the molecule is OCCN1CC(OC2CCCCO2)C1. The molecular weight excluding hydrogens is 182 g/mol. The maximum atomic E-state index is 8.70. The average Bonchev–Trinajstić information content (AvgIpc) is 2.16. The number of nitrogens with zero attached hydrogens (tertiary/aromatic N) is 1. The van der Waals surface area contributed by atoms with E-state index in [-0.39, 0.29) is 12.9 Å². The van der Waals surface area contributed by atoms with Gasteiger partial charge in [-0.05, 0) is 19.3 Å². The fraction of sp³-hybridized carbons (Fsp3) is 1.00. The summed E-state index contributed by atoms with van der Waals surface area (Å²) in [7, 11) is 0. The zero-order valence-electron chi connectivity index (χ0n) is 8.52. The Balaban J connectivity index is 1.58. The average molecular weight is 201 g/mol. The van der Waals surface area contributed by atoms with Crippen molar-refractivity contribution < 1.29 is 14.6 Å². The van der Waals surface area contributed by atoms with E-state index < -0.39 is 0 Å². The molecule has 0 aromatic heterocycles. The molecule has 0 bridgehead atoms. The number of hydrogen-bond acceptors (Lipinski definition) is 4. The second-order valence-electron chi connectivity index (χ2n) is 4.04. The van der Waals surface area contributed by atoms with Gasteiger partial charge in [-0.15, -0.1) is 0 Å². The van der Waals surface area contributed by atoms with E-state index in [1.165, 1.54) is 12.8 Å². The van der Waals surface area contributed by atoms with Crippen molar-refractivity contribution in [3.05, 3.63) is 0 Å². The molecular formula is C10H19NO3. The van der Waals surface area contributed by atoms with Gasteiger partial charge in [0, 0.05) is 26.2 Å². The fourth-order valence-electron chi connectivity index (χ4n) is 1.97. The Morgan fingerprint density at radius 2 is 2.21 bits per heavy atom. The maximum absolute atomic E-state index is 8.70. The molecule has 2 fully saturated rings. The highest BCUT2D eigenvalue weighted by atomic mass is 16.7. The summed E-state index contributed by atoms with van der Waals surface area (Å²) in [6, 6.07) is 0. The Labute approximate surface area is 84.8 Å². The van der Waals surface area contributed by atoms with Crippen molar-refractivity contribution in [1.82, 2.24) is 4.90 Å². The van der Waals surface area contributed by atoms with E-state index in [4.69, 9.17) is 14.6 Å². The Morgan fingerprint density at radius 3 is 2.86 bits per heavy atom. The van der Waals surface area contributed by atoms with Crippen molar-refractivity contribution in [2.45, 2.75) is 31.7 Å². The molecule has 0 saturated carbocycles. The molecule has 0 aromatic carbocycles. The van der Waals surface area contributed by atoms with E-state index in [1.54, 1.807) is 0 Å². The molecule has 0 radical (unpaired) electrons. The molecule has 2 aliphatic heterocycles. The Morgan fingerprint density at radius 1 is 1.36 bits per heavy atom. The summed E-state index contributed by atoms with van der Waals surface area (Å²) in [5.74, 6) is 0. The summed E-state index contributed by atoms with van der Waals surface area (Å²) in [5, 5.41) is 8.70. The van der Waals surface area contributed by atoms with Crippen LogP contribution in [0.15, 0.2) is 0 Å². The predicted octanol–water partition coefficient (Wildman–Crippen LogP) is 0.206. The van der Waals surface area contributed by atoms with Crippen LogP contribution in [0.25, 0.3) is 0 Å². The van der Waals surface area contributed by atoms with Crippen molar-refractivity contribution in [3.8, 4) is 0 Å². The van der Waals surface area contributed by atoms with Gasteiger partial charge in [0.2, 0.25) is 0 Å². The first-order chi connectivity index (χ1) is 6.88. The molecule has 0 spiro atoms. The van der Waals surface area contributed by atoms with E-state index in [0.29, 0.717) is 6.10 Å². The minimum Gasteiger partial charge on any atom is -0.395 e. The number of aliphatic hydroxyl groups is 1. The van der Waals surface area contributed by atoms with Gasteiger partial charge in [0.25, 0.3) is 0 Å². The van der Waals surface area contributed by atoms with Crippen LogP contribution in [0, 0.1) is 0 Å². The van der Waals surface area contributed by atoms with Gasteiger partial charge >= 0.3 is 0 Å². The lowest BCUT2D eigenvalue weighted by Gasteiger charge is -2.40. The van der Waals surface area contributed by atoms with Crippen LogP contribution in [-0.4, -0.2) is 55.2 Å². The van der Waals surface area contributed by atoms with Crippen LogP contribution in [0.1, 0.15) is 19.3 Å². The highest BCUT2D eigenvalue weighted by Gasteiger charge is 2.29. The summed E-state index contributed by atoms with van der Waals surface area (Å²) in [4.78, 5) is 2.19. The molecule has 2 aliphatic rings. The standard InChI is InChI=1S/C10H19NO3/c12-5-4-11-7-9(8-11)14-10-3-1-2-6-13-10/h9-10,12H,1-8H2. The lowest BCUT2D eigenvalue weighted by molar-refractivity contribution is -0.213. The summed E-state index contributed by atoms with van der Waals surface area (Å²) in [5.41, 5.74) is 0. The number of aliphatic hydroxyl groups excluding tert-OH is 1. The van der Waals surface area contributed by atoms with Crippen LogP contribution >= 0.6 is 0 Å². The third-order valence-electron chi connectivity index (χ3n) is 2.82.